The van der Waals surface area contributed by atoms with Gasteiger partial charge in [-0.25, -0.2) is 0 Å². The summed E-state index contributed by atoms with van der Waals surface area (Å²) in [5.74, 6) is 0. The Morgan fingerprint density at radius 2 is 0.781 bits per heavy atom. The molecule has 0 unspecified atom stereocenters. The highest BCUT2D eigenvalue weighted by atomic mass is 16.9. The largest absolute Gasteiger partial charge is 0.391 e. The summed E-state index contributed by atoms with van der Waals surface area (Å²) < 4.78 is 0. The number of aliphatic hydroxyl groups is 1. The van der Waals surface area contributed by atoms with Gasteiger partial charge in [0.1, 0.15) is 6.54 Å². The zero-order valence-corrected chi connectivity index (χ0v) is 21.6. The first kappa shape index (κ1) is 33.3. The van der Waals surface area contributed by atoms with E-state index < -0.39 is 5.09 Å². The molecule has 0 aliphatic rings. The minimum atomic E-state index is -1.75. The number of hydrogen-bond donors (Lipinski definition) is 2. The van der Waals surface area contributed by atoms with Crippen molar-refractivity contribution in [3.63, 3.8) is 0 Å². The fourth-order valence-electron chi connectivity index (χ4n) is 4.26. The number of hydrogen-bond acceptors (Lipinski definition) is 4. The second-order valence-electron chi connectivity index (χ2n) is 9.31. The van der Waals surface area contributed by atoms with E-state index in [2.05, 4.69) is 13.8 Å². The van der Waals surface area contributed by atoms with E-state index in [0.717, 1.165) is 6.54 Å². The Hall–Kier alpha value is -0.880. The Morgan fingerprint density at radius 3 is 1.03 bits per heavy atom. The van der Waals surface area contributed by atoms with Gasteiger partial charge < -0.3 is 25.3 Å². The average Bonchev–Trinajstić information content (AvgIpc) is 2.75. The minimum Gasteiger partial charge on any atom is -0.391 e. The van der Waals surface area contributed by atoms with E-state index in [9.17, 15) is 5.11 Å². The lowest BCUT2D eigenvalue weighted by atomic mass is 10.1. The zero-order chi connectivity index (χ0) is 24.1. The molecule has 0 atom stereocenters. The quantitative estimate of drug-likeness (QED) is 0.0981. The Labute approximate surface area is 199 Å². The molecule has 0 radical (unpaired) electrons. The third kappa shape index (κ3) is 33.8. The van der Waals surface area contributed by atoms with Gasteiger partial charge in [-0.3, -0.25) is 0 Å². The van der Waals surface area contributed by atoms with Crippen LogP contribution in [0, 0.1) is 15.3 Å². The van der Waals surface area contributed by atoms with Crippen LogP contribution in [0.1, 0.15) is 142 Å². The first-order valence-electron chi connectivity index (χ1n) is 13.8. The highest BCUT2D eigenvalue weighted by Crippen LogP contribution is 2.11. The molecule has 6 nitrogen and oxygen atoms in total. The van der Waals surface area contributed by atoms with Crippen LogP contribution in [-0.2, 0) is 0 Å². The summed E-state index contributed by atoms with van der Waals surface area (Å²) in [6.45, 7) is 8.43. The number of nitrogens with zero attached hydrogens (tertiary/aromatic N) is 1. The average molecular weight is 461 g/mol. The van der Waals surface area contributed by atoms with Crippen LogP contribution in [-0.4, -0.2) is 36.4 Å². The van der Waals surface area contributed by atoms with Crippen LogP contribution in [0.4, 0.5) is 0 Å². The molecule has 0 rings (SSSR count). The predicted octanol–water partition coefficient (Wildman–Crippen LogP) is 6.47. The number of rotatable bonds is 24. The molecule has 0 bridgehead atoms. The second-order valence-corrected chi connectivity index (χ2v) is 9.31. The van der Waals surface area contributed by atoms with Crippen molar-refractivity contribution in [1.82, 2.24) is 0 Å². The van der Waals surface area contributed by atoms with Gasteiger partial charge in [0.15, 0.2) is 0 Å². The summed E-state index contributed by atoms with van der Waals surface area (Å²) in [7, 11) is 0. The van der Waals surface area contributed by atoms with Gasteiger partial charge in [0, 0.05) is 0 Å². The summed E-state index contributed by atoms with van der Waals surface area (Å²) in [4.78, 5) is 9.89. The van der Waals surface area contributed by atoms with Crippen molar-refractivity contribution < 1.29 is 15.1 Å². The maximum Gasteiger partial charge on any atom is 0.101 e. The fourth-order valence-corrected chi connectivity index (χ4v) is 4.26. The number of quaternary nitrogens is 1. The topological polar surface area (TPSA) is 90.9 Å². The van der Waals surface area contributed by atoms with Gasteiger partial charge in [-0.1, -0.05) is 117 Å². The van der Waals surface area contributed by atoms with Gasteiger partial charge >= 0.3 is 0 Å². The van der Waals surface area contributed by atoms with E-state index in [1.165, 1.54) is 142 Å². The Kier molecular flexibility index (Phi) is 31.3. The fraction of sp³-hybridized carbons (Fsp3) is 1.00. The second kappa shape index (κ2) is 30.1. The predicted molar refractivity (Wildman–Crippen MR) is 137 cm³/mol. The molecule has 0 heterocycles. The molecule has 0 aromatic rings. The lowest BCUT2D eigenvalue weighted by molar-refractivity contribution is -0.901. The van der Waals surface area contributed by atoms with Crippen LogP contribution < -0.4 is 4.90 Å². The van der Waals surface area contributed by atoms with Crippen molar-refractivity contribution in [2.75, 3.05) is 26.2 Å². The molecule has 0 amide bonds. The van der Waals surface area contributed by atoms with Crippen molar-refractivity contribution in [2.45, 2.75) is 142 Å². The van der Waals surface area contributed by atoms with Crippen molar-refractivity contribution in [1.29, 1.82) is 0 Å². The molecule has 2 N–H and O–H groups in total. The van der Waals surface area contributed by atoms with E-state index in [-0.39, 0.29) is 0 Å². The maximum atomic E-state index is 9.34. The third-order valence-electron chi connectivity index (χ3n) is 6.23. The molecule has 32 heavy (non-hydrogen) atoms. The van der Waals surface area contributed by atoms with Crippen LogP contribution in [0.25, 0.3) is 0 Å². The summed E-state index contributed by atoms with van der Waals surface area (Å²) in [6.07, 6.45) is 28.3. The lowest BCUT2D eigenvalue weighted by Crippen LogP contribution is -3.12. The highest BCUT2D eigenvalue weighted by molar-refractivity contribution is 4.49. The Bertz CT molecular complexity index is 329. The van der Waals surface area contributed by atoms with Crippen LogP contribution >= 0.6 is 0 Å². The molecule has 0 fully saturated rings. The van der Waals surface area contributed by atoms with Crippen molar-refractivity contribution >= 4 is 0 Å². The van der Waals surface area contributed by atoms with Crippen molar-refractivity contribution in [3.8, 4) is 0 Å². The van der Waals surface area contributed by atoms with E-state index in [0.29, 0.717) is 6.61 Å². The van der Waals surface area contributed by atoms with Crippen molar-refractivity contribution in [3.05, 3.63) is 15.3 Å². The number of unbranched alkanes of at least 4 members (excludes halogenated alkanes) is 18. The monoisotopic (exact) mass is 460 g/mol. The van der Waals surface area contributed by atoms with E-state index >= 15 is 0 Å². The summed E-state index contributed by atoms with van der Waals surface area (Å²) in [6, 6.07) is 0. The van der Waals surface area contributed by atoms with E-state index in [4.69, 9.17) is 15.3 Å². The normalized spacial score (nSPS) is 10.9. The lowest BCUT2D eigenvalue weighted by Gasteiger charge is -2.18. The molecule has 0 aliphatic heterocycles. The molecule has 6 heteroatoms. The van der Waals surface area contributed by atoms with Gasteiger partial charge in [0.25, 0.3) is 0 Å². The van der Waals surface area contributed by atoms with Crippen molar-refractivity contribution in [2.24, 2.45) is 0 Å². The molecule has 0 saturated heterocycles. The van der Waals surface area contributed by atoms with Crippen LogP contribution in [0.5, 0.6) is 0 Å². The molecule has 0 aromatic carbocycles. The first-order chi connectivity index (χ1) is 15.6. The number of nitrogens with one attached hydrogen (secondary N) is 1. The van der Waals surface area contributed by atoms with E-state index in [1.807, 2.05) is 0 Å². The number of aliphatic hydroxyl groups excluding tert-OH is 1. The summed E-state index contributed by atoms with van der Waals surface area (Å²) in [5, 5.41) is 24.1. The zero-order valence-electron chi connectivity index (χ0n) is 21.6. The SMILES string of the molecule is CCCCCCCCCCCC[NH+](CCO)CCCCCCCCCCCC.O=[N+]([O-])[O-]. The van der Waals surface area contributed by atoms with Gasteiger partial charge in [0.05, 0.1) is 24.8 Å². The van der Waals surface area contributed by atoms with Gasteiger partial charge in [-0.2, -0.15) is 0 Å². The maximum absolute atomic E-state index is 9.34. The molecule has 0 saturated carbocycles. The van der Waals surface area contributed by atoms with Crippen LogP contribution in [0.15, 0.2) is 0 Å². The molecular formula is C26H56N2O4. The molecule has 0 spiro atoms. The first-order valence-corrected chi connectivity index (χ1v) is 13.8. The Balaban J connectivity index is 0. The van der Waals surface area contributed by atoms with Gasteiger partial charge in [0.2, 0.25) is 0 Å². The van der Waals surface area contributed by atoms with Crippen LogP contribution in [0.2, 0.25) is 0 Å². The third-order valence-corrected chi connectivity index (χ3v) is 6.23. The van der Waals surface area contributed by atoms with Gasteiger partial charge in [-0.05, 0) is 25.7 Å². The van der Waals surface area contributed by atoms with E-state index in [1.54, 1.807) is 4.90 Å². The summed E-state index contributed by atoms with van der Waals surface area (Å²) in [5.41, 5.74) is 0. The smallest absolute Gasteiger partial charge is 0.101 e. The minimum absolute atomic E-state index is 0.352. The standard InChI is InChI=1S/C26H55NO.NO3/c1-3-5-7-9-11-13-15-17-19-21-23-27(25-26-28)24-22-20-18-16-14-12-10-8-6-4-2;2-1(3)4/h28H,3-26H2,1-2H3;/q;-1/p+1. The summed E-state index contributed by atoms with van der Waals surface area (Å²) >= 11 is 0. The highest BCUT2D eigenvalue weighted by Gasteiger charge is 2.07. The molecule has 0 aliphatic carbocycles. The molecule has 194 valence electrons. The molecular weight excluding hydrogens is 404 g/mol. The molecule has 0 aromatic heterocycles. The van der Waals surface area contributed by atoms with Crippen LogP contribution in [0.3, 0.4) is 0 Å². The Morgan fingerprint density at radius 1 is 0.531 bits per heavy atom. The van der Waals surface area contributed by atoms with Gasteiger partial charge in [-0.15, -0.1) is 0 Å².